The Morgan fingerprint density at radius 3 is 3.08 bits per heavy atom. The maximum absolute atomic E-state index is 10.6. The van der Waals surface area contributed by atoms with Crippen molar-refractivity contribution in [3.05, 3.63) is 0 Å². The molecule has 13 heavy (non-hydrogen) atoms. The first-order valence-corrected chi connectivity index (χ1v) is 5.93. The lowest BCUT2D eigenvalue weighted by Gasteiger charge is -2.22. The molecule has 1 rings (SSSR count). The normalized spacial score (nSPS) is 23.6. The van der Waals surface area contributed by atoms with Crippen LogP contribution < -0.4 is 5.73 Å². The van der Waals surface area contributed by atoms with Gasteiger partial charge in [0.25, 0.3) is 0 Å². The van der Waals surface area contributed by atoms with E-state index in [1.807, 2.05) is 11.8 Å². The number of thioether (sulfide) groups is 1. The van der Waals surface area contributed by atoms with Crippen LogP contribution in [-0.2, 0) is 4.79 Å². The largest absolute Gasteiger partial charge is 0.370 e. The Balaban J connectivity index is 2.26. The smallest absolute Gasteiger partial charge is 0.218 e. The number of nitrogens with zero attached hydrogens (tertiary/aromatic N) is 1. The molecule has 1 amide bonds. The maximum Gasteiger partial charge on any atom is 0.218 e. The number of nitrogens with two attached hydrogens (primary N) is 1. The second kappa shape index (κ2) is 5.50. The zero-order chi connectivity index (χ0) is 9.68. The van der Waals surface area contributed by atoms with Crippen LogP contribution in [0.1, 0.15) is 26.2 Å². The minimum Gasteiger partial charge on any atom is -0.370 e. The van der Waals surface area contributed by atoms with E-state index in [1.54, 1.807) is 0 Å². The minimum atomic E-state index is -0.188. The fourth-order valence-electron chi connectivity index (χ4n) is 1.58. The first-order chi connectivity index (χ1) is 6.24. The van der Waals surface area contributed by atoms with Crippen LogP contribution in [0, 0.1) is 0 Å². The van der Waals surface area contributed by atoms with Crippen molar-refractivity contribution in [3.63, 3.8) is 0 Å². The van der Waals surface area contributed by atoms with Gasteiger partial charge in [0.15, 0.2) is 0 Å². The van der Waals surface area contributed by atoms with E-state index in [4.69, 9.17) is 5.73 Å². The predicted molar refractivity (Wildman–Crippen MR) is 56.5 cm³/mol. The molecule has 1 atom stereocenters. The Kier molecular flexibility index (Phi) is 4.59. The van der Waals surface area contributed by atoms with Crippen molar-refractivity contribution in [3.8, 4) is 0 Å². The summed E-state index contributed by atoms with van der Waals surface area (Å²) in [5.41, 5.74) is 5.12. The molecule has 0 saturated carbocycles. The highest BCUT2D eigenvalue weighted by atomic mass is 32.2. The van der Waals surface area contributed by atoms with E-state index in [9.17, 15) is 4.79 Å². The van der Waals surface area contributed by atoms with Crippen molar-refractivity contribution in [2.24, 2.45) is 5.73 Å². The Labute approximate surface area is 84.0 Å². The maximum atomic E-state index is 10.6. The van der Waals surface area contributed by atoms with E-state index < -0.39 is 0 Å². The van der Waals surface area contributed by atoms with Gasteiger partial charge < -0.3 is 5.73 Å². The SMILES string of the molecule is CCCC1SCCN1CCC(N)=O. The van der Waals surface area contributed by atoms with Crippen LogP contribution >= 0.6 is 11.8 Å². The Hall–Kier alpha value is -0.220. The van der Waals surface area contributed by atoms with E-state index in [1.165, 1.54) is 18.6 Å². The molecule has 1 heterocycles. The lowest BCUT2D eigenvalue weighted by atomic mass is 10.3. The van der Waals surface area contributed by atoms with Gasteiger partial charge in [-0.15, -0.1) is 11.8 Å². The Morgan fingerprint density at radius 2 is 2.46 bits per heavy atom. The van der Waals surface area contributed by atoms with Crippen molar-refractivity contribution in [2.45, 2.75) is 31.6 Å². The highest BCUT2D eigenvalue weighted by Gasteiger charge is 2.23. The van der Waals surface area contributed by atoms with Crippen LogP contribution in [-0.4, -0.2) is 35.0 Å². The van der Waals surface area contributed by atoms with Crippen LogP contribution in [0.5, 0.6) is 0 Å². The van der Waals surface area contributed by atoms with Gasteiger partial charge in [0, 0.05) is 25.3 Å². The van der Waals surface area contributed by atoms with Gasteiger partial charge in [-0.25, -0.2) is 0 Å². The first kappa shape index (κ1) is 10.9. The number of carbonyl (C=O) groups is 1. The molecule has 3 nitrogen and oxygen atoms in total. The zero-order valence-electron chi connectivity index (χ0n) is 8.16. The van der Waals surface area contributed by atoms with Gasteiger partial charge in [-0.3, -0.25) is 9.69 Å². The number of hydrogen-bond acceptors (Lipinski definition) is 3. The fraction of sp³-hybridized carbons (Fsp3) is 0.889. The minimum absolute atomic E-state index is 0.188. The summed E-state index contributed by atoms with van der Waals surface area (Å²) < 4.78 is 0. The molecule has 0 aromatic rings. The van der Waals surface area contributed by atoms with Gasteiger partial charge in [0.2, 0.25) is 5.91 Å². The van der Waals surface area contributed by atoms with E-state index in [2.05, 4.69) is 11.8 Å². The molecule has 1 fully saturated rings. The highest BCUT2D eigenvalue weighted by Crippen LogP contribution is 2.27. The molecule has 76 valence electrons. The summed E-state index contributed by atoms with van der Waals surface area (Å²) in [6.07, 6.45) is 2.94. The van der Waals surface area contributed by atoms with Gasteiger partial charge in [-0.05, 0) is 6.42 Å². The van der Waals surface area contributed by atoms with Crippen LogP contribution in [0.4, 0.5) is 0 Å². The van der Waals surface area contributed by atoms with E-state index >= 15 is 0 Å². The topological polar surface area (TPSA) is 46.3 Å². The number of rotatable bonds is 5. The third-order valence-corrected chi connectivity index (χ3v) is 3.61. The lowest BCUT2D eigenvalue weighted by Crippen LogP contribution is -2.31. The molecule has 1 saturated heterocycles. The average molecular weight is 202 g/mol. The molecule has 0 aromatic carbocycles. The standard InChI is InChI=1S/C9H18N2OS/c1-2-3-9-11(6-7-13-9)5-4-8(10)12/h9H,2-7H2,1H3,(H2,10,12). The van der Waals surface area contributed by atoms with Gasteiger partial charge in [-0.1, -0.05) is 13.3 Å². The molecule has 0 aromatic heterocycles. The van der Waals surface area contributed by atoms with Gasteiger partial charge >= 0.3 is 0 Å². The van der Waals surface area contributed by atoms with Crippen LogP contribution in [0.2, 0.25) is 0 Å². The fourth-order valence-corrected chi connectivity index (χ4v) is 3.01. The molecule has 0 radical (unpaired) electrons. The first-order valence-electron chi connectivity index (χ1n) is 4.88. The summed E-state index contributed by atoms with van der Waals surface area (Å²) in [5, 5.41) is 0.629. The van der Waals surface area contributed by atoms with Crippen molar-refractivity contribution in [1.29, 1.82) is 0 Å². The monoisotopic (exact) mass is 202 g/mol. The number of amides is 1. The van der Waals surface area contributed by atoms with E-state index in [0.29, 0.717) is 11.8 Å². The van der Waals surface area contributed by atoms with E-state index in [-0.39, 0.29) is 5.91 Å². The molecule has 0 aliphatic carbocycles. The molecule has 1 unspecified atom stereocenters. The van der Waals surface area contributed by atoms with Crippen LogP contribution in [0.15, 0.2) is 0 Å². The van der Waals surface area contributed by atoms with Crippen LogP contribution in [0.3, 0.4) is 0 Å². The second-order valence-corrected chi connectivity index (χ2v) is 4.65. The van der Waals surface area contributed by atoms with Crippen LogP contribution in [0.25, 0.3) is 0 Å². The lowest BCUT2D eigenvalue weighted by molar-refractivity contribution is -0.118. The Bertz CT molecular complexity index is 175. The van der Waals surface area contributed by atoms with Crippen molar-refractivity contribution >= 4 is 17.7 Å². The van der Waals surface area contributed by atoms with Crippen molar-refractivity contribution in [1.82, 2.24) is 4.90 Å². The number of carbonyl (C=O) groups excluding carboxylic acids is 1. The van der Waals surface area contributed by atoms with Crippen molar-refractivity contribution in [2.75, 3.05) is 18.8 Å². The molecular weight excluding hydrogens is 184 g/mol. The number of hydrogen-bond donors (Lipinski definition) is 1. The molecule has 4 heteroatoms. The third-order valence-electron chi connectivity index (χ3n) is 2.28. The molecule has 1 aliphatic heterocycles. The van der Waals surface area contributed by atoms with E-state index in [0.717, 1.165) is 13.1 Å². The molecule has 2 N–H and O–H groups in total. The van der Waals surface area contributed by atoms with Gasteiger partial charge in [0.1, 0.15) is 0 Å². The average Bonchev–Trinajstić information content (AvgIpc) is 2.49. The highest BCUT2D eigenvalue weighted by molar-refractivity contribution is 8.00. The molecular formula is C9H18N2OS. The summed E-state index contributed by atoms with van der Waals surface area (Å²) in [7, 11) is 0. The zero-order valence-corrected chi connectivity index (χ0v) is 8.98. The molecule has 0 bridgehead atoms. The molecule has 0 spiro atoms. The molecule has 1 aliphatic rings. The second-order valence-electron chi connectivity index (χ2n) is 3.37. The third kappa shape index (κ3) is 3.56. The summed E-state index contributed by atoms with van der Waals surface area (Å²) in [4.78, 5) is 13.0. The van der Waals surface area contributed by atoms with Gasteiger partial charge in [0.05, 0.1) is 5.37 Å². The predicted octanol–water partition coefficient (Wildman–Crippen LogP) is 1.04. The van der Waals surface area contributed by atoms with Gasteiger partial charge in [-0.2, -0.15) is 0 Å². The summed E-state index contributed by atoms with van der Waals surface area (Å²) in [6.45, 7) is 4.15. The summed E-state index contributed by atoms with van der Waals surface area (Å²) in [6, 6.07) is 0. The Morgan fingerprint density at radius 1 is 1.69 bits per heavy atom. The number of primary amides is 1. The summed E-state index contributed by atoms with van der Waals surface area (Å²) in [5.74, 6) is 1.01. The quantitative estimate of drug-likeness (QED) is 0.724. The summed E-state index contributed by atoms with van der Waals surface area (Å²) >= 11 is 2.00. The van der Waals surface area contributed by atoms with Crippen molar-refractivity contribution < 1.29 is 4.79 Å².